The van der Waals surface area contributed by atoms with E-state index in [4.69, 9.17) is 4.74 Å². The second-order valence-corrected chi connectivity index (χ2v) is 8.59. The van der Waals surface area contributed by atoms with E-state index in [9.17, 15) is 13.2 Å². The Bertz CT molecular complexity index is 904. The van der Waals surface area contributed by atoms with Crippen LogP contribution in [0.3, 0.4) is 0 Å². The third kappa shape index (κ3) is 4.08. The number of nitrogens with one attached hydrogen (secondary N) is 1. The zero-order chi connectivity index (χ0) is 19.4. The van der Waals surface area contributed by atoms with Gasteiger partial charge in [0.15, 0.2) is 0 Å². The molecular weight excluding hydrogens is 364 g/mol. The lowest BCUT2D eigenvalue weighted by Crippen LogP contribution is -2.32. The first-order valence-electron chi connectivity index (χ1n) is 8.96. The monoisotopic (exact) mass is 388 g/mol. The molecule has 0 saturated heterocycles. The number of benzene rings is 2. The topological polar surface area (TPSA) is 75.7 Å². The van der Waals surface area contributed by atoms with Gasteiger partial charge in [-0.2, -0.15) is 0 Å². The summed E-state index contributed by atoms with van der Waals surface area (Å²) in [4.78, 5) is 12.4. The van der Waals surface area contributed by atoms with Crippen molar-refractivity contribution in [1.29, 1.82) is 0 Å². The molecule has 3 rings (SSSR count). The van der Waals surface area contributed by atoms with Gasteiger partial charge in [0.05, 0.1) is 17.7 Å². The van der Waals surface area contributed by atoms with Gasteiger partial charge in [0.25, 0.3) is 15.9 Å². The number of hydrogen-bond acceptors (Lipinski definition) is 4. The van der Waals surface area contributed by atoms with Crippen molar-refractivity contribution in [2.45, 2.75) is 36.6 Å². The fourth-order valence-corrected chi connectivity index (χ4v) is 4.50. The van der Waals surface area contributed by atoms with Crippen molar-refractivity contribution < 1.29 is 17.9 Å². The highest BCUT2D eigenvalue weighted by Crippen LogP contribution is 2.30. The van der Waals surface area contributed by atoms with Crippen LogP contribution >= 0.6 is 0 Å². The van der Waals surface area contributed by atoms with E-state index in [1.807, 2.05) is 0 Å². The van der Waals surface area contributed by atoms with Gasteiger partial charge >= 0.3 is 0 Å². The summed E-state index contributed by atoms with van der Waals surface area (Å²) in [6.07, 6.45) is 4.28. The number of methoxy groups -OCH3 is 1. The molecule has 0 atom stereocenters. The summed E-state index contributed by atoms with van der Waals surface area (Å²) in [7, 11) is -0.791. The van der Waals surface area contributed by atoms with Crippen LogP contribution in [-0.2, 0) is 10.0 Å². The van der Waals surface area contributed by atoms with Crippen LogP contribution in [0.25, 0.3) is 0 Å². The summed E-state index contributed by atoms with van der Waals surface area (Å²) in [6.45, 7) is 0. The molecule has 1 saturated carbocycles. The average Bonchev–Trinajstić information content (AvgIpc) is 3.20. The lowest BCUT2D eigenvalue weighted by molar-refractivity contribution is 0.0938. The van der Waals surface area contributed by atoms with Crippen molar-refractivity contribution >= 4 is 21.6 Å². The minimum Gasteiger partial charge on any atom is -0.495 e. The number of hydrogen-bond donors (Lipinski definition) is 1. The molecule has 1 aliphatic carbocycles. The number of amides is 1. The Hall–Kier alpha value is -2.54. The molecule has 27 heavy (non-hydrogen) atoms. The molecule has 1 fully saturated rings. The molecule has 7 heteroatoms. The molecule has 0 aliphatic heterocycles. The number of anilines is 1. The molecule has 2 aromatic rings. The Morgan fingerprint density at radius 2 is 1.70 bits per heavy atom. The van der Waals surface area contributed by atoms with Gasteiger partial charge in [-0.25, -0.2) is 8.42 Å². The Balaban J connectivity index is 1.79. The lowest BCUT2D eigenvalue weighted by Gasteiger charge is -2.21. The lowest BCUT2D eigenvalue weighted by atomic mass is 10.2. The average molecular weight is 388 g/mol. The van der Waals surface area contributed by atoms with Crippen LogP contribution in [0.4, 0.5) is 5.69 Å². The van der Waals surface area contributed by atoms with Crippen LogP contribution in [0.15, 0.2) is 53.4 Å². The summed E-state index contributed by atoms with van der Waals surface area (Å²) in [6, 6.07) is 13.2. The highest BCUT2D eigenvalue weighted by molar-refractivity contribution is 7.92. The largest absolute Gasteiger partial charge is 0.495 e. The second kappa shape index (κ2) is 8.00. The molecule has 0 radical (unpaired) electrons. The number of sulfonamides is 1. The van der Waals surface area contributed by atoms with Gasteiger partial charge in [-0.05, 0) is 49.2 Å². The van der Waals surface area contributed by atoms with Crippen LogP contribution in [-0.4, -0.2) is 34.5 Å². The van der Waals surface area contributed by atoms with Gasteiger partial charge in [-0.15, -0.1) is 0 Å². The Labute approximate surface area is 160 Å². The van der Waals surface area contributed by atoms with Crippen LogP contribution in [0.5, 0.6) is 5.75 Å². The molecule has 1 aliphatic rings. The molecule has 1 N–H and O–H groups in total. The number of nitrogens with zero attached hydrogens (tertiary/aromatic N) is 1. The Morgan fingerprint density at radius 1 is 1.07 bits per heavy atom. The smallest absolute Gasteiger partial charge is 0.264 e. The van der Waals surface area contributed by atoms with E-state index in [0.29, 0.717) is 17.0 Å². The maximum Gasteiger partial charge on any atom is 0.264 e. The molecule has 2 aromatic carbocycles. The summed E-state index contributed by atoms with van der Waals surface area (Å²) in [5.74, 6) is 0.306. The normalized spacial score (nSPS) is 14.7. The fourth-order valence-electron chi connectivity index (χ4n) is 3.29. The van der Waals surface area contributed by atoms with Crippen LogP contribution in [0.2, 0.25) is 0 Å². The molecule has 0 aromatic heterocycles. The highest BCUT2D eigenvalue weighted by Gasteiger charge is 2.24. The van der Waals surface area contributed by atoms with Gasteiger partial charge in [0.2, 0.25) is 0 Å². The Morgan fingerprint density at radius 3 is 2.33 bits per heavy atom. The minimum absolute atomic E-state index is 0.119. The van der Waals surface area contributed by atoms with Gasteiger partial charge in [-0.3, -0.25) is 9.10 Å². The molecule has 0 bridgehead atoms. The first-order chi connectivity index (χ1) is 12.9. The molecule has 0 spiro atoms. The number of para-hydroxylation sites is 2. The van der Waals surface area contributed by atoms with Crippen molar-refractivity contribution in [2.75, 3.05) is 18.5 Å². The first-order valence-corrected chi connectivity index (χ1v) is 10.4. The van der Waals surface area contributed by atoms with Crippen LogP contribution in [0.1, 0.15) is 36.0 Å². The van der Waals surface area contributed by atoms with Crippen molar-refractivity contribution in [3.05, 3.63) is 54.1 Å². The van der Waals surface area contributed by atoms with Crippen molar-refractivity contribution in [1.82, 2.24) is 5.32 Å². The first kappa shape index (κ1) is 19.2. The van der Waals surface area contributed by atoms with E-state index in [0.717, 1.165) is 25.7 Å². The third-order valence-electron chi connectivity index (χ3n) is 4.89. The molecule has 0 heterocycles. The predicted octanol–water partition coefficient (Wildman–Crippen LogP) is 3.19. The summed E-state index contributed by atoms with van der Waals surface area (Å²) in [5, 5.41) is 3.00. The molecule has 6 nitrogen and oxygen atoms in total. The van der Waals surface area contributed by atoms with Crippen LogP contribution < -0.4 is 14.4 Å². The number of ether oxygens (including phenoxy) is 1. The maximum atomic E-state index is 12.9. The number of rotatable bonds is 6. The van der Waals surface area contributed by atoms with Crippen LogP contribution in [0, 0.1) is 0 Å². The van der Waals surface area contributed by atoms with Crippen molar-refractivity contribution in [3.8, 4) is 5.75 Å². The maximum absolute atomic E-state index is 12.9. The van der Waals surface area contributed by atoms with E-state index < -0.39 is 10.0 Å². The fraction of sp³-hybridized carbons (Fsp3) is 0.350. The molecule has 0 unspecified atom stereocenters. The number of carbonyl (C=O) groups is 1. The van der Waals surface area contributed by atoms with Gasteiger partial charge in [0.1, 0.15) is 5.75 Å². The summed E-state index contributed by atoms with van der Waals surface area (Å²) < 4.78 is 32.3. The van der Waals surface area contributed by atoms with E-state index in [2.05, 4.69) is 5.32 Å². The molecular formula is C20H24N2O4S. The third-order valence-corrected chi connectivity index (χ3v) is 6.68. The van der Waals surface area contributed by atoms with Crippen molar-refractivity contribution in [3.63, 3.8) is 0 Å². The van der Waals surface area contributed by atoms with E-state index >= 15 is 0 Å². The quantitative estimate of drug-likeness (QED) is 0.825. The predicted molar refractivity (Wildman–Crippen MR) is 105 cm³/mol. The van der Waals surface area contributed by atoms with E-state index in [1.54, 1.807) is 36.4 Å². The van der Waals surface area contributed by atoms with E-state index in [-0.39, 0.29) is 16.8 Å². The SMILES string of the molecule is COc1ccccc1N(C)S(=O)(=O)c1ccc(C(=O)NC2CCCC2)cc1. The van der Waals surface area contributed by atoms with Crippen molar-refractivity contribution in [2.24, 2.45) is 0 Å². The summed E-state index contributed by atoms with van der Waals surface area (Å²) in [5.41, 5.74) is 0.906. The molecule has 1 amide bonds. The minimum atomic E-state index is -3.77. The summed E-state index contributed by atoms with van der Waals surface area (Å²) >= 11 is 0. The van der Waals surface area contributed by atoms with Gasteiger partial charge in [0, 0.05) is 18.7 Å². The zero-order valence-electron chi connectivity index (χ0n) is 15.5. The second-order valence-electron chi connectivity index (χ2n) is 6.62. The number of carbonyl (C=O) groups excluding carboxylic acids is 1. The molecule has 144 valence electrons. The van der Waals surface area contributed by atoms with Gasteiger partial charge < -0.3 is 10.1 Å². The standard InChI is InChI=1S/C20H24N2O4S/c1-22(18-9-5-6-10-19(18)26-2)27(24,25)17-13-11-15(12-14-17)20(23)21-16-7-3-4-8-16/h5-6,9-14,16H,3-4,7-8H2,1-2H3,(H,21,23). The highest BCUT2D eigenvalue weighted by atomic mass is 32.2. The zero-order valence-corrected chi connectivity index (χ0v) is 16.3. The Kier molecular flexibility index (Phi) is 5.70. The van der Waals surface area contributed by atoms with E-state index in [1.165, 1.54) is 30.6 Å². The van der Waals surface area contributed by atoms with Gasteiger partial charge in [-0.1, -0.05) is 25.0 Å².